The number of pyridine rings is 1. The first-order valence-corrected chi connectivity index (χ1v) is 9.73. The van der Waals surface area contributed by atoms with Crippen LogP contribution in [0.3, 0.4) is 0 Å². The summed E-state index contributed by atoms with van der Waals surface area (Å²) in [6.07, 6.45) is 5.12. The maximum atomic E-state index is 13.3. The van der Waals surface area contributed by atoms with E-state index in [-0.39, 0.29) is 11.9 Å². The number of benzene rings is 1. The van der Waals surface area contributed by atoms with Gasteiger partial charge in [0, 0.05) is 37.5 Å². The van der Waals surface area contributed by atoms with Gasteiger partial charge in [0.15, 0.2) is 0 Å². The molecule has 6 heteroatoms. The second-order valence-electron chi connectivity index (χ2n) is 7.67. The number of aromatic nitrogens is 3. The Labute approximate surface area is 164 Å². The van der Waals surface area contributed by atoms with Gasteiger partial charge in [-0.1, -0.05) is 24.3 Å². The minimum Gasteiger partial charge on any atom is -0.340 e. The minimum absolute atomic E-state index is 0.0998. The molecular weight excluding hydrogens is 350 g/mol. The van der Waals surface area contributed by atoms with Crippen LogP contribution in [0.15, 0.2) is 48.8 Å². The highest BCUT2D eigenvalue weighted by molar-refractivity contribution is 5.83. The van der Waals surface area contributed by atoms with Crippen LogP contribution in [0, 0.1) is 0 Å². The van der Waals surface area contributed by atoms with Gasteiger partial charge < -0.3 is 9.88 Å². The van der Waals surface area contributed by atoms with Crippen LogP contribution in [0.5, 0.6) is 0 Å². The Kier molecular flexibility index (Phi) is 4.20. The van der Waals surface area contributed by atoms with Gasteiger partial charge in [-0.2, -0.15) is 0 Å². The summed E-state index contributed by atoms with van der Waals surface area (Å²) in [5.41, 5.74) is 5.68. The Morgan fingerprint density at radius 1 is 1.14 bits per heavy atom. The molecule has 1 atom stereocenters. The number of H-pyrrole nitrogens is 1. The first kappa shape index (κ1) is 17.1. The SMILES string of the molecule is CN1Cc2ccccc2C[C@H]1C(=O)N1CCc2nc(-c3cccnc3)[nH]c2C1. The smallest absolute Gasteiger partial charge is 0.240 e. The van der Waals surface area contributed by atoms with Crippen molar-refractivity contribution in [2.75, 3.05) is 13.6 Å². The van der Waals surface area contributed by atoms with Crippen molar-refractivity contribution in [3.63, 3.8) is 0 Å². The van der Waals surface area contributed by atoms with Crippen molar-refractivity contribution in [1.82, 2.24) is 24.8 Å². The van der Waals surface area contributed by atoms with E-state index >= 15 is 0 Å². The summed E-state index contributed by atoms with van der Waals surface area (Å²) in [4.78, 5) is 29.8. The van der Waals surface area contributed by atoms with Gasteiger partial charge in [0.05, 0.1) is 24.0 Å². The number of nitrogens with zero attached hydrogens (tertiary/aromatic N) is 4. The van der Waals surface area contributed by atoms with Gasteiger partial charge in [-0.05, 0) is 36.7 Å². The second-order valence-corrected chi connectivity index (χ2v) is 7.67. The summed E-state index contributed by atoms with van der Waals surface area (Å²) in [7, 11) is 2.05. The number of amides is 1. The van der Waals surface area contributed by atoms with Crippen molar-refractivity contribution < 1.29 is 4.79 Å². The van der Waals surface area contributed by atoms with Gasteiger partial charge in [0.25, 0.3) is 0 Å². The van der Waals surface area contributed by atoms with Crippen molar-refractivity contribution in [1.29, 1.82) is 0 Å². The molecule has 2 aliphatic rings. The molecule has 1 amide bonds. The van der Waals surface area contributed by atoms with Gasteiger partial charge >= 0.3 is 0 Å². The van der Waals surface area contributed by atoms with E-state index in [1.807, 2.05) is 30.3 Å². The van der Waals surface area contributed by atoms with Crippen LogP contribution in [-0.2, 0) is 30.7 Å². The molecule has 142 valence electrons. The molecule has 0 saturated carbocycles. The van der Waals surface area contributed by atoms with Crippen molar-refractivity contribution in [3.8, 4) is 11.4 Å². The number of fused-ring (bicyclic) bond motifs is 2. The zero-order chi connectivity index (χ0) is 19.1. The summed E-state index contributed by atoms with van der Waals surface area (Å²) in [6, 6.07) is 12.2. The van der Waals surface area contributed by atoms with E-state index in [2.05, 4.69) is 39.1 Å². The molecule has 2 aliphatic heterocycles. The maximum Gasteiger partial charge on any atom is 0.240 e. The lowest BCUT2D eigenvalue weighted by Gasteiger charge is -2.37. The molecule has 3 aromatic rings. The van der Waals surface area contributed by atoms with E-state index in [4.69, 9.17) is 4.98 Å². The fourth-order valence-electron chi connectivity index (χ4n) is 4.26. The predicted octanol–water partition coefficient (Wildman–Crippen LogP) is 2.41. The van der Waals surface area contributed by atoms with E-state index in [0.717, 1.165) is 48.7 Å². The highest BCUT2D eigenvalue weighted by Crippen LogP contribution is 2.26. The molecule has 0 bridgehead atoms. The lowest BCUT2D eigenvalue weighted by atomic mass is 9.93. The molecular formula is C22H23N5O. The number of imidazole rings is 1. The lowest BCUT2D eigenvalue weighted by molar-refractivity contribution is -0.138. The van der Waals surface area contributed by atoms with Crippen LogP contribution in [-0.4, -0.2) is 50.3 Å². The molecule has 0 radical (unpaired) electrons. The van der Waals surface area contributed by atoms with Gasteiger partial charge in [0.2, 0.25) is 5.91 Å². The molecule has 1 aromatic carbocycles. The first-order valence-electron chi connectivity index (χ1n) is 9.73. The van der Waals surface area contributed by atoms with Crippen molar-refractivity contribution in [3.05, 3.63) is 71.3 Å². The Balaban J connectivity index is 1.35. The standard InChI is InChI=1S/C22H23N5O/c1-26-13-17-6-3-2-5-15(17)11-20(26)22(28)27-10-8-18-19(14-27)25-21(24-18)16-7-4-9-23-12-16/h2-7,9,12,20H,8,10-11,13-14H2,1H3,(H,24,25)/t20-/m0/s1. The Hall–Kier alpha value is -2.99. The van der Waals surface area contributed by atoms with Gasteiger partial charge in [-0.15, -0.1) is 0 Å². The minimum atomic E-state index is -0.0998. The van der Waals surface area contributed by atoms with E-state index in [9.17, 15) is 4.79 Å². The van der Waals surface area contributed by atoms with Crippen molar-refractivity contribution >= 4 is 5.91 Å². The second kappa shape index (κ2) is 6.87. The number of carbonyl (C=O) groups excluding carboxylic acids is 1. The fraction of sp³-hybridized carbons (Fsp3) is 0.318. The third-order valence-corrected chi connectivity index (χ3v) is 5.85. The third-order valence-electron chi connectivity index (χ3n) is 5.85. The number of hydrogen-bond donors (Lipinski definition) is 1. The van der Waals surface area contributed by atoms with E-state index < -0.39 is 0 Å². The molecule has 0 spiro atoms. The Morgan fingerprint density at radius 3 is 2.82 bits per heavy atom. The van der Waals surface area contributed by atoms with Gasteiger partial charge in [0.1, 0.15) is 5.82 Å². The molecule has 4 heterocycles. The summed E-state index contributed by atoms with van der Waals surface area (Å²) in [6.45, 7) is 2.13. The van der Waals surface area contributed by atoms with Crippen molar-refractivity contribution in [2.45, 2.75) is 32.0 Å². The summed E-state index contributed by atoms with van der Waals surface area (Å²) in [5, 5.41) is 0. The van der Waals surface area contributed by atoms with E-state index in [1.54, 1.807) is 6.20 Å². The molecule has 0 saturated heterocycles. The molecule has 0 unspecified atom stereocenters. The Bertz CT molecular complexity index is 1010. The predicted molar refractivity (Wildman–Crippen MR) is 106 cm³/mol. The van der Waals surface area contributed by atoms with Gasteiger partial charge in [-0.3, -0.25) is 14.7 Å². The quantitative estimate of drug-likeness (QED) is 0.749. The van der Waals surface area contributed by atoms with Crippen LogP contribution in [0.1, 0.15) is 22.5 Å². The average molecular weight is 373 g/mol. The number of aromatic amines is 1. The normalized spacial score (nSPS) is 19.2. The number of likely N-dealkylation sites (N-methyl/N-ethyl adjacent to an activating group) is 1. The molecule has 0 fully saturated rings. The van der Waals surface area contributed by atoms with Gasteiger partial charge in [-0.25, -0.2) is 4.98 Å². The monoisotopic (exact) mass is 373 g/mol. The molecule has 6 nitrogen and oxygen atoms in total. The van der Waals surface area contributed by atoms with Crippen LogP contribution >= 0.6 is 0 Å². The van der Waals surface area contributed by atoms with Crippen LogP contribution in [0.4, 0.5) is 0 Å². The molecule has 1 N–H and O–H groups in total. The topological polar surface area (TPSA) is 65.1 Å². The highest BCUT2D eigenvalue weighted by atomic mass is 16.2. The number of carbonyl (C=O) groups is 1. The van der Waals surface area contributed by atoms with Crippen molar-refractivity contribution in [2.24, 2.45) is 0 Å². The summed E-state index contributed by atoms with van der Waals surface area (Å²) >= 11 is 0. The zero-order valence-corrected chi connectivity index (χ0v) is 15.9. The third kappa shape index (κ3) is 2.99. The summed E-state index contributed by atoms with van der Waals surface area (Å²) < 4.78 is 0. The fourth-order valence-corrected chi connectivity index (χ4v) is 4.26. The summed E-state index contributed by atoms with van der Waals surface area (Å²) in [5.74, 6) is 1.04. The van der Waals surface area contributed by atoms with Crippen LogP contribution in [0.2, 0.25) is 0 Å². The number of rotatable bonds is 2. The van der Waals surface area contributed by atoms with Crippen LogP contribution in [0.25, 0.3) is 11.4 Å². The highest BCUT2D eigenvalue weighted by Gasteiger charge is 2.34. The lowest BCUT2D eigenvalue weighted by Crippen LogP contribution is -2.51. The van der Waals surface area contributed by atoms with E-state index in [1.165, 1.54) is 11.1 Å². The molecule has 0 aliphatic carbocycles. The Morgan fingerprint density at radius 2 is 2.00 bits per heavy atom. The largest absolute Gasteiger partial charge is 0.340 e. The molecule has 28 heavy (non-hydrogen) atoms. The van der Waals surface area contributed by atoms with Crippen LogP contribution < -0.4 is 0 Å². The molecule has 5 rings (SSSR count). The number of nitrogens with one attached hydrogen (secondary N) is 1. The first-order chi connectivity index (χ1) is 13.7. The van der Waals surface area contributed by atoms with E-state index in [0.29, 0.717) is 6.54 Å². The average Bonchev–Trinajstić information content (AvgIpc) is 3.17. The maximum absolute atomic E-state index is 13.3. The zero-order valence-electron chi connectivity index (χ0n) is 15.9. The molecule has 2 aromatic heterocycles. The number of hydrogen-bond acceptors (Lipinski definition) is 4.